The number of carbonyl (C=O) groups excluding carboxylic acids is 1. The lowest BCUT2D eigenvalue weighted by Gasteiger charge is -2.33. The Kier molecular flexibility index (Phi) is 5.85. The number of aromatic nitrogens is 3. The van der Waals surface area contributed by atoms with Crippen molar-refractivity contribution in [1.29, 1.82) is 0 Å². The van der Waals surface area contributed by atoms with Gasteiger partial charge in [0.2, 0.25) is 0 Å². The maximum Gasteiger partial charge on any atom is 0.317 e. The molecule has 0 bridgehead atoms. The van der Waals surface area contributed by atoms with Crippen molar-refractivity contribution in [2.24, 2.45) is 0 Å². The summed E-state index contributed by atoms with van der Waals surface area (Å²) in [6, 6.07) is 6.69. The summed E-state index contributed by atoms with van der Waals surface area (Å²) < 4.78 is 14.4. The summed E-state index contributed by atoms with van der Waals surface area (Å²) in [6.07, 6.45) is 5.49. The van der Waals surface area contributed by atoms with Crippen LogP contribution in [-0.2, 0) is 0 Å². The molecule has 2 saturated heterocycles. The molecule has 1 aromatic carbocycles. The smallest absolute Gasteiger partial charge is 0.317 e. The number of rotatable bonds is 5. The molecule has 150 valence electrons. The van der Waals surface area contributed by atoms with Crippen molar-refractivity contribution in [3.8, 4) is 0 Å². The number of urea groups is 1. The van der Waals surface area contributed by atoms with E-state index in [4.69, 9.17) is 0 Å². The van der Waals surface area contributed by atoms with Gasteiger partial charge in [0.05, 0.1) is 6.04 Å². The number of hydrogen-bond acceptors (Lipinski definition) is 4. The molecule has 0 spiro atoms. The number of carbonyl (C=O) groups is 1. The number of halogens is 1. The normalized spacial score (nSPS) is 19.7. The molecule has 3 heterocycles. The maximum atomic E-state index is 14.4. The van der Waals surface area contributed by atoms with Gasteiger partial charge in [-0.3, -0.25) is 10.00 Å². The first kappa shape index (κ1) is 18.9. The van der Waals surface area contributed by atoms with Gasteiger partial charge >= 0.3 is 6.03 Å². The Hall–Kier alpha value is -2.48. The maximum absolute atomic E-state index is 14.4. The zero-order valence-corrected chi connectivity index (χ0v) is 16.0. The average Bonchev–Trinajstić information content (AvgIpc) is 3.44. The van der Waals surface area contributed by atoms with Gasteiger partial charge in [-0.1, -0.05) is 18.2 Å². The van der Waals surface area contributed by atoms with Crippen molar-refractivity contribution in [1.82, 2.24) is 30.3 Å². The first-order chi connectivity index (χ1) is 13.7. The van der Waals surface area contributed by atoms with Crippen molar-refractivity contribution >= 4 is 6.03 Å². The van der Waals surface area contributed by atoms with Gasteiger partial charge in [-0.15, -0.1) is 0 Å². The third-order valence-corrected chi connectivity index (χ3v) is 5.89. The summed E-state index contributed by atoms with van der Waals surface area (Å²) >= 11 is 0. The predicted octanol–water partition coefficient (Wildman–Crippen LogP) is 2.67. The minimum atomic E-state index is -0.207. The largest absolute Gasteiger partial charge is 0.336 e. The lowest BCUT2D eigenvalue weighted by atomic mass is 9.96. The van der Waals surface area contributed by atoms with Crippen LogP contribution in [0.25, 0.3) is 0 Å². The van der Waals surface area contributed by atoms with Crippen LogP contribution in [0.2, 0.25) is 0 Å². The van der Waals surface area contributed by atoms with Gasteiger partial charge in [0.15, 0.2) is 0 Å². The number of nitrogens with one attached hydrogen (secondary N) is 2. The molecular weight excluding hydrogens is 359 g/mol. The van der Waals surface area contributed by atoms with Crippen LogP contribution in [-0.4, -0.2) is 63.7 Å². The highest BCUT2D eigenvalue weighted by Crippen LogP contribution is 2.27. The average molecular weight is 386 g/mol. The fraction of sp³-hybridized carbons (Fsp3) is 0.550. The highest BCUT2D eigenvalue weighted by molar-refractivity contribution is 5.74. The molecular formula is C20H27FN6O. The SMILES string of the molecule is O=C(NC[C@@H](c1ccccc1F)N1CCCC1)N1CCC(c2ncn[nH]2)CC1. The number of nitrogens with zero attached hydrogens (tertiary/aromatic N) is 4. The van der Waals surface area contributed by atoms with Crippen molar-refractivity contribution < 1.29 is 9.18 Å². The van der Waals surface area contributed by atoms with E-state index in [1.807, 2.05) is 17.0 Å². The van der Waals surface area contributed by atoms with E-state index in [0.717, 1.165) is 44.6 Å². The molecule has 2 aromatic rings. The van der Waals surface area contributed by atoms with E-state index < -0.39 is 0 Å². The zero-order valence-electron chi connectivity index (χ0n) is 16.0. The molecule has 0 aliphatic carbocycles. The summed E-state index contributed by atoms with van der Waals surface area (Å²) in [4.78, 5) is 21.0. The Balaban J connectivity index is 1.35. The van der Waals surface area contributed by atoms with Gasteiger partial charge in [0.25, 0.3) is 0 Å². The van der Waals surface area contributed by atoms with E-state index in [0.29, 0.717) is 31.1 Å². The molecule has 4 rings (SSSR count). The van der Waals surface area contributed by atoms with Gasteiger partial charge in [0, 0.05) is 31.1 Å². The van der Waals surface area contributed by atoms with E-state index >= 15 is 0 Å². The van der Waals surface area contributed by atoms with Crippen molar-refractivity contribution in [3.63, 3.8) is 0 Å². The molecule has 0 unspecified atom stereocenters. The summed E-state index contributed by atoms with van der Waals surface area (Å²) in [5, 5.41) is 9.88. The number of H-pyrrole nitrogens is 1. The molecule has 2 aliphatic rings. The van der Waals surface area contributed by atoms with Gasteiger partial charge in [-0.25, -0.2) is 14.2 Å². The Labute approximate surface area is 164 Å². The first-order valence-corrected chi connectivity index (χ1v) is 10.1. The standard InChI is InChI=1S/C20H27FN6O/c21-17-6-2-1-5-16(17)18(26-9-3-4-10-26)13-22-20(28)27-11-7-15(8-12-27)19-23-14-24-25-19/h1-2,5-6,14-15,18H,3-4,7-13H2,(H,22,28)(H,23,24,25)/t18-/m0/s1. The molecule has 1 aromatic heterocycles. The topological polar surface area (TPSA) is 77.2 Å². The minimum absolute atomic E-state index is 0.0726. The Morgan fingerprint density at radius 3 is 2.64 bits per heavy atom. The third kappa shape index (κ3) is 4.16. The van der Waals surface area contributed by atoms with Crippen LogP contribution < -0.4 is 5.32 Å². The third-order valence-electron chi connectivity index (χ3n) is 5.89. The number of likely N-dealkylation sites (tertiary alicyclic amines) is 2. The van der Waals surface area contributed by atoms with E-state index in [-0.39, 0.29) is 17.9 Å². The van der Waals surface area contributed by atoms with Gasteiger partial charge in [0.1, 0.15) is 18.0 Å². The second kappa shape index (κ2) is 8.68. The second-order valence-corrected chi connectivity index (χ2v) is 7.60. The lowest BCUT2D eigenvalue weighted by Crippen LogP contribution is -2.46. The summed E-state index contributed by atoms with van der Waals surface area (Å²) in [6.45, 7) is 3.67. The minimum Gasteiger partial charge on any atom is -0.336 e. The quantitative estimate of drug-likeness (QED) is 0.828. The fourth-order valence-electron chi connectivity index (χ4n) is 4.30. The van der Waals surface area contributed by atoms with E-state index in [1.54, 1.807) is 6.07 Å². The molecule has 1 atom stereocenters. The monoisotopic (exact) mass is 386 g/mol. The second-order valence-electron chi connectivity index (χ2n) is 7.60. The van der Waals surface area contributed by atoms with Crippen LogP contribution in [0.3, 0.4) is 0 Å². The Morgan fingerprint density at radius 2 is 1.96 bits per heavy atom. The lowest BCUT2D eigenvalue weighted by molar-refractivity contribution is 0.172. The number of hydrogen-bond donors (Lipinski definition) is 2. The summed E-state index contributed by atoms with van der Waals surface area (Å²) in [5.74, 6) is 1.01. The van der Waals surface area contributed by atoms with Crippen LogP contribution in [0.4, 0.5) is 9.18 Å². The van der Waals surface area contributed by atoms with Gasteiger partial charge in [-0.05, 0) is 44.8 Å². The molecule has 0 saturated carbocycles. The zero-order chi connectivity index (χ0) is 19.3. The van der Waals surface area contributed by atoms with Crippen LogP contribution in [0.5, 0.6) is 0 Å². The van der Waals surface area contributed by atoms with Crippen molar-refractivity contribution in [2.75, 3.05) is 32.7 Å². The number of amides is 2. The van der Waals surface area contributed by atoms with Crippen LogP contribution in [0.1, 0.15) is 49.0 Å². The van der Waals surface area contributed by atoms with Gasteiger partial charge < -0.3 is 10.2 Å². The predicted molar refractivity (Wildman–Crippen MR) is 103 cm³/mol. The fourth-order valence-corrected chi connectivity index (χ4v) is 4.30. The molecule has 8 heteroatoms. The summed E-state index contributed by atoms with van der Waals surface area (Å²) in [7, 11) is 0. The Morgan fingerprint density at radius 1 is 1.21 bits per heavy atom. The molecule has 0 radical (unpaired) electrons. The highest BCUT2D eigenvalue weighted by Gasteiger charge is 2.28. The highest BCUT2D eigenvalue weighted by atomic mass is 19.1. The van der Waals surface area contributed by atoms with Crippen molar-refractivity contribution in [2.45, 2.75) is 37.6 Å². The molecule has 2 aliphatic heterocycles. The van der Waals surface area contributed by atoms with Crippen LogP contribution in [0, 0.1) is 5.82 Å². The number of benzene rings is 1. The van der Waals surface area contributed by atoms with Crippen molar-refractivity contribution in [3.05, 3.63) is 47.8 Å². The molecule has 28 heavy (non-hydrogen) atoms. The van der Waals surface area contributed by atoms with Gasteiger partial charge in [-0.2, -0.15) is 5.10 Å². The molecule has 2 N–H and O–H groups in total. The molecule has 2 fully saturated rings. The van der Waals surface area contributed by atoms with E-state index in [2.05, 4.69) is 25.4 Å². The molecule has 7 nitrogen and oxygen atoms in total. The number of piperidine rings is 1. The molecule has 2 amide bonds. The number of aromatic amines is 1. The van der Waals surface area contributed by atoms with Crippen LogP contribution >= 0.6 is 0 Å². The van der Waals surface area contributed by atoms with Crippen LogP contribution in [0.15, 0.2) is 30.6 Å². The first-order valence-electron chi connectivity index (χ1n) is 10.1. The Bertz CT molecular complexity index is 769. The van der Waals surface area contributed by atoms with E-state index in [9.17, 15) is 9.18 Å². The summed E-state index contributed by atoms with van der Waals surface area (Å²) in [5.41, 5.74) is 0.661. The van der Waals surface area contributed by atoms with E-state index in [1.165, 1.54) is 12.4 Å².